The Labute approximate surface area is 88.3 Å². The zero-order valence-corrected chi connectivity index (χ0v) is 8.86. The maximum Gasteiger partial charge on any atom is 0.143 e. The molecule has 0 saturated carbocycles. The van der Waals surface area contributed by atoms with Crippen molar-refractivity contribution >= 4 is 17.2 Å². The van der Waals surface area contributed by atoms with Gasteiger partial charge in [0.2, 0.25) is 0 Å². The molecule has 0 N–H and O–H groups in total. The number of hydrogen-bond acceptors (Lipinski definition) is 2. The average molecular weight is 203 g/mol. The molecule has 0 atom stereocenters. The van der Waals surface area contributed by atoms with E-state index in [1.54, 1.807) is 7.11 Å². The molecule has 2 rings (SSSR count). The van der Waals surface area contributed by atoms with Gasteiger partial charge in [0.25, 0.3) is 0 Å². The van der Waals surface area contributed by atoms with E-state index in [1.165, 1.54) is 0 Å². The molecule has 1 aromatic heterocycles. The third-order valence-electron chi connectivity index (χ3n) is 2.57. The summed E-state index contributed by atoms with van der Waals surface area (Å²) in [5, 5.41) is 1.11. The number of benzene rings is 1. The Hall–Kier alpha value is -1.77. The third kappa shape index (κ3) is 1.50. The van der Waals surface area contributed by atoms with E-state index in [4.69, 9.17) is 4.74 Å². The molecule has 0 unspecified atom stereocenters. The lowest BCUT2D eigenvalue weighted by molar-refractivity contribution is -0.108. The van der Waals surface area contributed by atoms with Gasteiger partial charge in [0.15, 0.2) is 0 Å². The minimum Gasteiger partial charge on any atom is -0.495 e. The van der Waals surface area contributed by atoms with Crippen LogP contribution >= 0.6 is 0 Å². The van der Waals surface area contributed by atoms with Crippen molar-refractivity contribution in [3.05, 3.63) is 30.0 Å². The van der Waals surface area contributed by atoms with E-state index in [2.05, 4.69) is 6.07 Å². The van der Waals surface area contributed by atoms with Crippen LogP contribution in [0.2, 0.25) is 0 Å². The number of carbonyl (C=O) groups is 1. The summed E-state index contributed by atoms with van der Waals surface area (Å²) in [5.41, 5.74) is 2.06. The Morgan fingerprint density at radius 2 is 2.27 bits per heavy atom. The Kier molecular flexibility index (Phi) is 2.46. The fraction of sp³-hybridized carbons (Fsp3) is 0.250. The van der Waals surface area contributed by atoms with E-state index in [0.717, 1.165) is 28.6 Å². The highest BCUT2D eigenvalue weighted by Gasteiger charge is 2.09. The van der Waals surface area contributed by atoms with Gasteiger partial charge >= 0.3 is 0 Å². The molecule has 3 heteroatoms. The molecule has 0 fully saturated rings. The minimum absolute atomic E-state index is 0.371. The molecular weight excluding hydrogens is 190 g/mol. The molecule has 0 amide bonds. The fourth-order valence-electron chi connectivity index (χ4n) is 1.90. The third-order valence-corrected chi connectivity index (χ3v) is 2.57. The van der Waals surface area contributed by atoms with Crippen LogP contribution in [0.4, 0.5) is 0 Å². The zero-order chi connectivity index (χ0) is 10.8. The quantitative estimate of drug-likeness (QED) is 0.716. The van der Waals surface area contributed by atoms with Gasteiger partial charge in [0.05, 0.1) is 19.2 Å². The standard InChI is InChI=1S/C12H13NO2/c1-9-8-10-4-3-5-11(15-2)12(10)13(9)6-7-14/h3-5,7-8H,6H2,1-2H3. The van der Waals surface area contributed by atoms with E-state index < -0.39 is 0 Å². The number of hydrogen-bond donors (Lipinski definition) is 0. The van der Waals surface area contributed by atoms with Crippen LogP contribution in [0, 0.1) is 6.92 Å². The molecule has 0 bridgehead atoms. The maximum atomic E-state index is 10.6. The number of ether oxygens (including phenoxy) is 1. The molecule has 0 aliphatic carbocycles. The molecule has 2 aromatic rings. The van der Waals surface area contributed by atoms with Gasteiger partial charge in [-0.05, 0) is 19.1 Å². The molecule has 78 valence electrons. The Bertz CT molecular complexity index is 500. The summed E-state index contributed by atoms with van der Waals surface area (Å²) in [6.45, 7) is 2.36. The van der Waals surface area contributed by atoms with Crippen LogP contribution in [0.5, 0.6) is 5.75 Å². The normalized spacial score (nSPS) is 10.5. The highest BCUT2D eigenvalue weighted by Crippen LogP contribution is 2.28. The lowest BCUT2D eigenvalue weighted by atomic mass is 10.2. The first-order chi connectivity index (χ1) is 7.27. The summed E-state index contributed by atoms with van der Waals surface area (Å²) in [6, 6.07) is 7.93. The van der Waals surface area contributed by atoms with E-state index in [-0.39, 0.29) is 0 Å². The number of fused-ring (bicyclic) bond motifs is 1. The van der Waals surface area contributed by atoms with Crippen LogP contribution in [0.3, 0.4) is 0 Å². The largest absolute Gasteiger partial charge is 0.495 e. The van der Waals surface area contributed by atoms with Gasteiger partial charge in [-0.15, -0.1) is 0 Å². The van der Waals surface area contributed by atoms with E-state index >= 15 is 0 Å². The monoisotopic (exact) mass is 203 g/mol. The SMILES string of the molecule is COc1cccc2cc(C)n(CC=O)c12. The zero-order valence-electron chi connectivity index (χ0n) is 8.86. The average Bonchev–Trinajstić information content (AvgIpc) is 2.56. The van der Waals surface area contributed by atoms with E-state index in [9.17, 15) is 4.79 Å². The van der Waals surface area contributed by atoms with Gasteiger partial charge in [0, 0.05) is 11.1 Å². The van der Waals surface area contributed by atoms with Crippen molar-refractivity contribution in [2.24, 2.45) is 0 Å². The second kappa shape index (κ2) is 3.77. The van der Waals surface area contributed by atoms with Gasteiger partial charge in [-0.2, -0.15) is 0 Å². The molecule has 0 aliphatic heterocycles. The van der Waals surface area contributed by atoms with Crippen LogP contribution in [-0.4, -0.2) is 18.0 Å². The van der Waals surface area contributed by atoms with Crippen molar-refractivity contribution in [1.29, 1.82) is 0 Å². The summed E-state index contributed by atoms with van der Waals surface area (Å²) in [5.74, 6) is 0.808. The smallest absolute Gasteiger partial charge is 0.143 e. The molecule has 0 aliphatic rings. The Morgan fingerprint density at radius 1 is 1.47 bits per heavy atom. The Balaban J connectivity index is 2.76. The number of aromatic nitrogens is 1. The van der Waals surface area contributed by atoms with E-state index in [0.29, 0.717) is 6.54 Å². The predicted octanol–water partition coefficient (Wildman–Crippen LogP) is 2.16. The number of methoxy groups -OCH3 is 1. The lowest BCUT2D eigenvalue weighted by Crippen LogP contribution is -2.01. The second-order valence-electron chi connectivity index (χ2n) is 3.46. The van der Waals surface area contributed by atoms with Gasteiger partial charge in [-0.3, -0.25) is 0 Å². The van der Waals surface area contributed by atoms with Crippen LogP contribution in [-0.2, 0) is 11.3 Å². The maximum absolute atomic E-state index is 10.6. The minimum atomic E-state index is 0.371. The molecule has 0 saturated heterocycles. The number of aryl methyl sites for hydroxylation is 1. The summed E-state index contributed by atoms with van der Waals surface area (Å²) >= 11 is 0. The van der Waals surface area contributed by atoms with Crippen molar-refractivity contribution in [1.82, 2.24) is 4.57 Å². The van der Waals surface area contributed by atoms with Crippen molar-refractivity contribution in [3.8, 4) is 5.75 Å². The fourth-order valence-corrected chi connectivity index (χ4v) is 1.90. The second-order valence-corrected chi connectivity index (χ2v) is 3.46. The van der Waals surface area contributed by atoms with Crippen molar-refractivity contribution in [2.45, 2.75) is 13.5 Å². The molecule has 1 heterocycles. The molecular formula is C12H13NO2. The molecule has 1 aromatic carbocycles. The van der Waals surface area contributed by atoms with Crippen molar-refractivity contribution in [2.75, 3.05) is 7.11 Å². The topological polar surface area (TPSA) is 31.2 Å². The van der Waals surface area contributed by atoms with Gasteiger partial charge in [0.1, 0.15) is 12.0 Å². The first-order valence-corrected chi connectivity index (χ1v) is 4.84. The number of nitrogens with zero attached hydrogens (tertiary/aromatic N) is 1. The van der Waals surface area contributed by atoms with Gasteiger partial charge in [-0.1, -0.05) is 12.1 Å². The number of rotatable bonds is 3. The summed E-state index contributed by atoms with van der Waals surface area (Å²) < 4.78 is 7.25. The van der Waals surface area contributed by atoms with Crippen molar-refractivity contribution in [3.63, 3.8) is 0 Å². The highest BCUT2D eigenvalue weighted by atomic mass is 16.5. The van der Waals surface area contributed by atoms with Gasteiger partial charge in [-0.25, -0.2) is 0 Å². The predicted molar refractivity (Wildman–Crippen MR) is 59.3 cm³/mol. The highest BCUT2D eigenvalue weighted by molar-refractivity contribution is 5.87. The van der Waals surface area contributed by atoms with Crippen molar-refractivity contribution < 1.29 is 9.53 Å². The molecule has 0 spiro atoms. The lowest BCUT2D eigenvalue weighted by Gasteiger charge is -2.07. The van der Waals surface area contributed by atoms with Crippen LogP contribution < -0.4 is 4.74 Å². The summed E-state index contributed by atoms with van der Waals surface area (Å²) in [7, 11) is 1.64. The molecule has 3 nitrogen and oxygen atoms in total. The van der Waals surface area contributed by atoms with Crippen LogP contribution in [0.1, 0.15) is 5.69 Å². The van der Waals surface area contributed by atoms with Crippen LogP contribution in [0.25, 0.3) is 10.9 Å². The number of aldehydes is 1. The first kappa shape index (κ1) is 9.77. The van der Waals surface area contributed by atoms with Gasteiger partial charge < -0.3 is 14.1 Å². The number of carbonyl (C=O) groups excluding carboxylic acids is 1. The summed E-state index contributed by atoms with van der Waals surface area (Å²) in [6.07, 6.45) is 0.902. The summed E-state index contributed by atoms with van der Waals surface area (Å²) in [4.78, 5) is 10.6. The molecule has 0 radical (unpaired) electrons. The van der Waals surface area contributed by atoms with Crippen LogP contribution in [0.15, 0.2) is 24.3 Å². The molecule has 15 heavy (non-hydrogen) atoms. The first-order valence-electron chi connectivity index (χ1n) is 4.84. The number of para-hydroxylation sites is 1. The Morgan fingerprint density at radius 3 is 2.93 bits per heavy atom. The van der Waals surface area contributed by atoms with E-state index in [1.807, 2.05) is 29.7 Å².